The van der Waals surface area contributed by atoms with Gasteiger partial charge in [0.05, 0.1) is 32.5 Å². The van der Waals surface area contributed by atoms with Gasteiger partial charge in [-0.25, -0.2) is 0 Å². The first-order valence-electron chi connectivity index (χ1n) is 17.4. The van der Waals surface area contributed by atoms with Gasteiger partial charge >= 0.3 is 0 Å². The Hall–Kier alpha value is -0.380. The van der Waals surface area contributed by atoms with E-state index >= 15 is 0 Å². The van der Waals surface area contributed by atoms with Crippen LogP contribution < -0.4 is 0 Å². The number of ether oxygens (including phenoxy) is 3. The summed E-state index contributed by atoms with van der Waals surface area (Å²) in [5, 5.41) is 0. The molecule has 3 heteroatoms. The van der Waals surface area contributed by atoms with Crippen molar-refractivity contribution in [1.82, 2.24) is 0 Å². The summed E-state index contributed by atoms with van der Waals surface area (Å²) in [6.45, 7) is 23.0. The summed E-state index contributed by atoms with van der Waals surface area (Å²) in [5.74, 6) is 5.45. The topological polar surface area (TPSA) is 27.7 Å². The van der Waals surface area contributed by atoms with E-state index in [4.69, 9.17) is 14.2 Å². The molecule has 232 valence electrons. The van der Waals surface area contributed by atoms with Gasteiger partial charge in [0, 0.05) is 6.61 Å². The smallest absolute Gasteiger partial charge is 0.0704 e. The summed E-state index contributed by atoms with van der Waals surface area (Å²) >= 11 is 0. The molecule has 0 saturated heterocycles. The van der Waals surface area contributed by atoms with Crippen molar-refractivity contribution in [3.8, 4) is 0 Å². The predicted molar refractivity (Wildman–Crippen MR) is 168 cm³/mol. The fourth-order valence-electron chi connectivity index (χ4n) is 9.77. The van der Waals surface area contributed by atoms with E-state index in [1.54, 1.807) is 5.57 Å². The molecule has 0 amide bonds. The van der Waals surface area contributed by atoms with Gasteiger partial charge in [0.15, 0.2) is 0 Å². The molecule has 3 saturated carbocycles. The lowest BCUT2D eigenvalue weighted by molar-refractivity contribution is -0.0689. The SMILES string of the molecule is CC(C)CCCC(C)C1CCC2C3CC=C4CC(OCCOCCOCCC(C)(C)C)CC[C@]4(C)C3CC[C@]12C. The summed E-state index contributed by atoms with van der Waals surface area (Å²) in [6.07, 6.45) is 19.3. The van der Waals surface area contributed by atoms with Crippen molar-refractivity contribution in [1.29, 1.82) is 0 Å². The van der Waals surface area contributed by atoms with E-state index in [1.165, 1.54) is 64.2 Å². The molecule has 0 aromatic carbocycles. The molecule has 0 bridgehead atoms. The molecule has 8 atom stereocenters. The molecule has 3 nitrogen and oxygen atoms in total. The third-order valence-electron chi connectivity index (χ3n) is 12.2. The van der Waals surface area contributed by atoms with Gasteiger partial charge in [-0.1, -0.05) is 86.3 Å². The van der Waals surface area contributed by atoms with Gasteiger partial charge in [-0.15, -0.1) is 0 Å². The van der Waals surface area contributed by atoms with E-state index in [9.17, 15) is 0 Å². The zero-order valence-corrected chi connectivity index (χ0v) is 27.9. The van der Waals surface area contributed by atoms with E-state index in [-0.39, 0.29) is 0 Å². The van der Waals surface area contributed by atoms with E-state index in [0.717, 1.165) is 55.0 Å². The average molecular weight is 559 g/mol. The fraction of sp³-hybridized carbons (Fsp3) is 0.946. The van der Waals surface area contributed by atoms with Gasteiger partial charge in [-0.2, -0.15) is 0 Å². The van der Waals surface area contributed by atoms with Crippen molar-refractivity contribution in [2.45, 2.75) is 139 Å². The lowest BCUT2D eigenvalue weighted by Gasteiger charge is -2.58. The van der Waals surface area contributed by atoms with E-state index < -0.39 is 0 Å². The van der Waals surface area contributed by atoms with E-state index in [2.05, 4.69) is 61.5 Å². The molecule has 6 unspecified atom stereocenters. The molecule has 0 aromatic rings. The second-order valence-electron chi connectivity index (χ2n) is 16.6. The third kappa shape index (κ3) is 7.76. The van der Waals surface area contributed by atoms with Crippen molar-refractivity contribution in [2.75, 3.05) is 33.0 Å². The molecule has 0 aromatic heterocycles. The molecule has 0 N–H and O–H groups in total. The Morgan fingerprint density at radius 2 is 1.57 bits per heavy atom. The van der Waals surface area contributed by atoms with Crippen LogP contribution in [0.15, 0.2) is 11.6 Å². The Morgan fingerprint density at radius 3 is 2.30 bits per heavy atom. The van der Waals surface area contributed by atoms with Gasteiger partial charge < -0.3 is 14.2 Å². The highest BCUT2D eigenvalue weighted by atomic mass is 16.5. The van der Waals surface area contributed by atoms with Gasteiger partial charge in [0.1, 0.15) is 0 Å². The number of hydrogen-bond donors (Lipinski definition) is 0. The molecule has 3 fully saturated rings. The molecule has 40 heavy (non-hydrogen) atoms. The number of allylic oxidation sites excluding steroid dienone is 1. The first-order valence-corrected chi connectivity index (χ1v) is 17.4. The van der Waals surface area contributed by atoms with Crippen LogP contribution in [0.4, 0.5) is 0 Å². The van der Waals surface area contributed by atoms with Crippen LogP contribution in [0.25, 0.3) is 0 Å². The minimum Gasteiger partial charge on any atom is -0.379 e. The maximum atomic E-state index is 6.35. The van der Waals surface area contributed by atoms with Crippen LogP contribution in [0.5, 0.6) is 0 Å². The van der Waals surface area contributed by atoms with Crippen LogP contribution in [-0.4, -0.2) is 39.1 Å². The quantitative estimate of drug-likeness (QED) is 0.157. The highest BCUT2D eigenvalue weighted by Gasteiger charge is 2.59. The second kappa shape index (κ2) is 13.9. The Balaban J connectivity index is 1.22. The molecule has 0 radical (unpaired) electrons. The van der Waals surface area contributed by atoms with E-state index in [0.29, 0.717) is 48.8 Å². The lowest BCUT2D eigenvalue weighted by atomic mass is 9.47. The summed E-state index contributed by atoms with van der Waals surface area (Å²) in [5.41, 5.74) is 3.06. The number of hydrogen-bond acceptors (Lipinski definition) is 3. The van der Waals surface area contributed by atoms with E-state index in [1.807, 2.05) is 0 Å². The monoisotopic (exact) mass is 559 g/mol. The van der Waals surface area contributed by atoms with Gasteiger partial charge in [0.2, 0.25) is 0 Å². The first-order chi connectivity index (χ1) is 18.9. The first kappa shape index (κ1) is 32.5. The molecule has 4 aliphatic carbocycles. The molecule has 0 aliphatic heterocycles. The minimum absolute atomic E-state index is 0.335. The van der Waals surface area contributed by atoms with Crippen molar-refractivity contribution in [3.63, 3.8) is 0 Å². The fourth-order valence-corrected chi connectivity index (χ4v) is 9.77. The van der Waals surface area contributed by atoms with Crippen molar-refractivity contribution >= 4 is 0 Å². The van der Waals surface area contributed by atoms with Gasteiger partial charge in [0.25, 0.3) is 0 Å². The molecular formula is C37H66O3. The normalized spacial score (nSPS) is 36.6. The molecule has 0 spiro atoms. The maximum absolute atomic E-state index is 6.35. The predicted octanol–water partition coefficient (Wildman–Crippen LogP) is 9.88. The van der Waals surface area contributed by atoms with Crippen LogP contribution in [0.2, 0.25) is 0 Å². The van der Waals surface area contributed by atoms with Crippen molar-refractivity contribution < 1.29 is 14.2 Å². The van der Waals surface area contributed by atoms with Crippen LogP contribution >= 0.6 is 0 Å². The summed E-state index contributed by atoms with van der Waals surface area (Å²) < 4.78 is 17.9. The summed E-state index contributed by atoms with van der Waals surface area (Å²) in [4.78, 5) is 0. The molecule has 4 rings (SSSR count). The Bertz CT molecular complexity index is 811. The van der Waals surface area contributed by atoms with Crippen LogP contribution in [-0.2, 0) is 14.2 Å². The minimum atomic E-state index is 0.335. The van der Waals surface area contributed by atoms with Crippen LogP contribution in [0.1, 0.15) is 132 Å². The lowest BCUT2D eigenvalue weighted by Crippen LogP contribution is -2.51. The highest BCUT2D eigenvalue weighted by molar-refractivity contribution is 5.25. The van der Waals surface area contributed by atoms with Crippen LogP contribution in [0.3, 0.4) is 0 Å². The van der Waals surface area contributed by atoms with Gasteiger partial charge in [-0.05, 0) is 110 Å². The molecule has 0 heterocycles. The van der Waals surface area contributed by atoms with Crippen molar-refractivity contribution in [3.05, 3.63) is 11.6 Å². The Kier molecular flexibility index (Phi) is 11.3. The highest BCUT2D eigenvalue weighted by Crippen LogP contribution is 2.67. The largest absolute Gasteiger partial charge is 0.379 e. The zero-order valence-electron chi connectivity index (χ0n) is 27.9. The second-order valence-corrected chi connectivity index (χ2v) is 16.6. The van der Waals surface area contributed by atoms with Gasteiger partial charge in [-0.3, -0.25) is 0 Å². The maximum Gasteiger partial charge on any atom is 0.0704 e. The standard InChI is InChI=1S/C37H66O3/c1-27(2)10-9-11-28(3)32-14-15-33-31-13-12-29-26-30(16-18-36(29,7)34(31)17-19-37(32,33)8)40-25-24-39-23-22-38-21-20-35(4,5)6/h12,27-28,30-34H,9-11,13-26H2,1-8H3/t28?,30?,31?,32?,33?,34?,36-,37+/m0/s1. The Labute approximate surface area is 249 Å². The van der Waals surface area contributed by atoms with Crippen LogP contribution in [0, 0.1) is 51.8 Å². The summed E-state index contributed by atoms with van der Waals surface area (Å²) in [6, 6.07) is 0. The average Bonchev–Trinajstić information content (AvgIpc) is 3.24. The molecular weight excluding hydrogens is 492 g/mol. The third-order valence-corrected chi connectivity index (χ3v) is 12.2. The number of rotatable bonds is 14. The summed E-state index contributed by atoms with van der Waals surface area (Å²) in [7, 11) is 0. The number of fused-ring (bicyclic) bond motifs is 5. The zero-order chi connectivity index (χ0) is 29.0. The molecule has 4 aliphatic rings. The van der Waals surface area contributed by atoms with Crippen molar-refractivity contribution in [2.24, 2.45) is 51.8 Å². The Morgan fingerprint density at radius 1 is 0.850 bits per heavy atom.